The van der Waals surface area contributed by atoms with Crippen molar-refractivity contribution in [1.29, 1.82) is 0 Å². The zero-order chi connectivity index (χ0) is 19.0. The predicted molar refractivity (Wildman–Crippen MR) is 106 cm³/mol. The minimum Gasteiger partial charge on any atom is -0.356 e. The lowest BCUT2D eigenvalue weighted by atomic mass is 9.98. The van der Waals surface area contributed by atoms with Crippen LogP contribution in [0.3, 0.4) is 0 Å². The number of nitrogens with one attached hydrogen (secondary N) is 1. The van der Waals surface area contributed by atoms with Gasteiger partial charge in [0.05, 0.1) is 11.7 Å². The molecule has 0 unspecified atom stereocenters. The van der Waals surface area contributed by atoms with E-state index in [1.807, 2.05) is 6.92 Å². The van der Waals surface area contributed by atoms with Gasteiger partial charge in [0, 0.05) is 32.2 Å². The smallest absolute Gasteiger partial charge is 0.224 e. The number of rotatable bonds is 9. The van der Waals surface area contributed by atoms with Crippen LogP contribution in [0.15, 0.2) is 0 Å². The largest absolute Gasteiger partial charge is 0.356 e. The van der Waals surface area contributed by atoms with Gasteiger partial charge in [0.15, 0.2) is 0 Å². The average molecular weight is 388 g/mol. The van der Waals surface area contributed by atoms with Gasteiger partial charge in [-0.25, -0.2) is 12.7 Å². The third kappa shape index (κ3) is 6.20. The molecule has 2 heterocycles. The molecule has 7 heteroatoms. The van der Waals surface area contributed by atoms with E-state index >= 15 is 0 Å². The Balaban J connectivity index is 1.72. The number of carbonyl (C=O) groups excluding carboxylic acids is 1. The fourth-order valence-corrected chi connectivity index (χ4v) is 5.84. The minimum absolute atomic E-state index is 0.0204. The van der Waals surface area contributed by atoms with Crippen molar-refractivity contribution < 1.29 is 13.2 Å². The molecule has 0 saturated carbocycles. The standard InChI is InChI=1S/C19H37N3O3S/c1-3-15-26(24,25)22-14-7-9-17(16-22)19(23)20-11-8-13-21-12-6-5-10-18(21)4-2/h17-18H,3-16H2,1-2H3,(H,20,23)/t17-,18-/m0/s1. The van der Waals surface area contributed by atoms with Crippen LogP contribution in [-0.2, 0) is 14.8 Å². The van der Waals surface area contributed by atoms with Crippen LogP contribution in [0.25, 0.3) is 0 Å². The van der Waals surface area contributed by atoms with E-state index in [-0.39, 0.29) is 17.6 Å². The van der Waals surface area contributed by atoms with Crippen molar-refractivity contribution in [2.24, 2.45) is 5.92 Å². The maximum atomic E-state index is 12.5. The molecule has 2 rings (SSSR count). The van der Waals surface area contributed by atoms with Crippen LogP contribution >= 0.6 is 0 Å². The van der Waals surface area contributed by atoms with E-state index in [0.29, 0.717) is 32.1 Å². The zero-order valence-corrected chi connectivity index (χ0v) is 17.4. The van der Waals surface area contributed by atoms with Gasteiger partial charge in [0.2, 0.25) is 15.9 Å². The van der Waals surface area contributed by atoms with Gasteiger partial charge < -0.3 is 10.2 Å². The molecule has 1 amide bonds. The quantitative estimate of drug-likeness (QED) is 0.616. The molecule has 26 heavy (non-hydrogen) atoms. The summed E-state index contributed by atoms with van der Waals surface area (Å²) in [6.07, 6.45) is 8.26. The number of carbonyl (C=O) groups is 1. The molecule has 1 N–H and O–H groups in total. The number of sulfonamides is 1. The van der Waals surface area contributed by atoms with Crippen molar-refractivity contribution in [3.63, 3.8) is 0 Å². The Morgan fingerprint density at radius 1 is 1.12 bits per heavy atom. The van der Waals surface area contributed by atoms with Crippen molar-refractivity contribution >= 4 is 15.9 Å². The molecule has 2 saturated heterocycles. The molecule has 2 aliphatic rings. The van der Waals surface area contributed by atoms with Crippen molar-refractivity contribution in [3.8, 4) is 0 Å². The molecule has 0 aromatic heterocycles. The Morgan fingerprint density at radius 3 is 2.65 bits per heavy atom. The SMILES string of the molecule is CCCS(=O)(=O)N1CCC[C@H](C(=O)NCCCN2CCCC[C@@H]2CC)C1. The van der Waals surface area contributed by atoms with Crippen LogP contribution in [0.2, 0.25) is 0 Å². The normalized spacial score (nSPS) is 25.9. The zero-order valence-electron chi connectivity index (χ0n) is 16.6. The van der Waals surface area contributed by atoms with Gasteiger partial charge in [-0.05, 0) is 51.5 Å². The first-order valence-electron chi connectivity index (χ1n) is 10.5. The summed E-state index contributed by atoms with van der Waals surface area (Å²) in [7, 11) is -3.20. The number of amides is 1. The topological polar surface area (TPSA) is 69.7 Å². The van der Waals surface area contributed by atoms with Crippen molar-refractivity contribution in [3.05, 3.63) is 0 Å². The summed E-state index contributed by atoms with van der Waals surface area (Å²) < 4.78 is 26.0. The van der Waals surface area contributed by atoms with Gasteiger partial charge >= 0.3 is 0 Å². The summed E-state index contributed by atoms with van der Waals surface area (Å²) in [5, 5.41) is 3.04. The highest BCUT2D eigenvalue weighted by molar-refractivity contribution is 7.89. The number of hydrogen-bond donors (Lipinski definition) is 1. The molecule has 0 aromatic rings. The first kappa shape index (κ1) is 21.6. The number of nitrogens with zero attached hydrogens (tertiary/aromatic N) is 2. The lowest BCUT2D eigenvalue weighted by Gasteiger charge is -2.35. The minimum atomic E-state index is -3.20. The second-order valence-corrected chi connectivity index (χ2v) is 9.84. The molecule has 0 bridgehead atoms. The van der Waals surface area contributed by atoms with Crippen LogP contribution in [0, 0.1) is 5.92 Å². The molecule has 0 aliphatic carbocycles. The summed E-state index contributed by atoms with van der Waals surface area (Å²) in [4.78, 5) is 15.0. The second kappa shape index (κ2) is 10.6. The fourth-order valence-electron chi connectivity index (χ4n) is 4.25. The van der Waals surface area contributed by atoms with Crippen molar-refractivity contribution in [1.82, 2.24) is 14.5 Å². The first-order chi connectivity index (χ1) is 12.5. The van der Waals surface area contributed by atoms with Crippen LogP contribution < -0.4 is 5.32 Å². The Bertz CT molecular complexity index is 538. The molecule has 2 fully saturated rings. The summed E-state index contributed by atoms with van der Waals surface area (Å²) in [5.41, 5.74) is 0. The highest BCUT2D eigenvalue weighted by atomic mass is 32.2. The van der Waals surface area contributed by atoms with E-state index in [2.05, 4.69) is 17.1 Å². The molecule has 6 nitrogen and oxygen atoms in total. The molecular weight excluding hydrogens is 350 g/mol. The summed E-state index contributed by atoms with van der Waals surface area (Å²) >= 11 is 0. The van der Waals surface area contributed by atoms with Crippen molar-refractivity contribution in [2.75, 3.05) is 38.5 Å². The number of hydrogen-bond acceptors (Lipinski definition) is 4. The molecular formula is C19H37N3O3S. The molecule has 0 spiro atoms. The average Bonchev–Trinajstić information content (AvgIpc) is 2.65. The third-order valence-electron chi connectivity index (χ3n) is 5.75. The van der Waals surface area contributed by atoms with Crippen LogP contribution in [0.5, 0.6) is 0 Å². The molecule has 2 aliphatic heterocycles. The summed E-state index contributed by atoms with van der Waals surface area (Å²) in [5.74, 6) is -0.00342. The molecule has 0 radical (unpaired) electrons. The molecule has 152 valence electrons. The van der Waals surface area contributed by atoms with Gasteiger partial charge in [-0.3, -0.25) is 4.79 Å². The van der Waals surface area contributed by atoms with E-state index < -0.39 is 10.0 Å². The van der Waals surface area contributed by atoms with E-state index in [1.165, 1.54) is 36.5 Å². The Morgan fingerprint density at radius 2 is 1.92 bits per heavy atom. The van der Waals surface area contributed by atoms with Gasteiger partial charge in [0.1, 0.15) is 0 Å². The maximum Gasteiger partial charge on any atom is 0.224 e. The lowest BCUT2D eigenvalue weighted by Crippen LogP contribution is -2.46. The first-order valence-corrected chi connectivity index (χ1v) is 12.1. The maximum absolute atomic E-state index is 12.5. The van der Waals surface area contributed by atoms with E-state index in [0.717, 1.165) is 25.8 Å². The number of piperidine rings is 2. The third-order valence-corrected chi connectivity index (χ3v) is 7.79. The highest BCUT2D eigenvalue weighted by Gasteiger charge is 2.31. The monoisotopic (exact) mass is 387 g/mol. The Hall–Kier alpha value is -0.660. The fraction of sp³-hybridized carbons (Fsp3) is 0.947. The van der Waals surface area contributed by atoms with Gasteiger partial charge in [-0.2, -0.15) is 0 Å². The van der Waals surface area contributed by atoms with E-state index in [4.69, 9.17) is 0 Å². The molecule has 0 aromatic carbocycles. The van der Waals surface area contributed by atoms with E-state index in [1.54, 1.807) is 0 Å². The van der Waals surface area contributed by atoms with Crippen LogP contribution in [0.1, 0.15) is 65.2 Å². The highest BCUT2D eigenvalue weighted by Crippen LogP contribution is 2.21. The number of likely N-dealkylation sites (tertiary alicyclic amines) is 1. The lowest BCUT2D eigenvalue weighted by molar-refractivity contribution is -0.126. The summed E-state index contributed by atoms with van der Waals surface area (Å²) in [6.45, 7) is 7.94. The van der Waals surface area contributed by atoms with Crippen LogP contribution in [0.4, 0.5) is 0 Å². The van der Waals surface area contributed by atoms with Gasteiger partial charge in [-0.15, -0.1) is 0 Å². The van der Waals surface area contributed by atoms with Gasteiger partial charge in [-0.1, -0.05) is 20.3 Å². The van der Waals surface area contributed by atoms with Crippen LogP contribution in [-0.4, -0.2) is 68.0 Å². The Kier molecular flexibility index (Phi) is 8.84. The Labute approximate surface area is 159 Å². The second-order valence-electron chi connectivity index (χ2n) is 7.75. The van der Waals surface area contributed by atoms with E-state index in [9.17, 15) is 13.2 Å². The molecule has 2 atom stereocenters. The van der Waals surface area contributed by atoms with Crippen molar-refractivity contribution in [2.45, 2.75) is 71.3 Å². The summed E-state index contributed by atoms with van der Waals surface area (Å²) in [6, 6.07) is 0.704. The predicted octanol–water partition coefficient (Wildman–Crippen LogP) is 2.21. The van der Waals surface area contributed by atoms with Gasteiger partial charge in [0.25, 0.3) is 0 Å².